The van der Waals surface area contributed by atoms with Crippen LogP contribution < -0.4 is 20.7 Å². The standard InChI is InChI=1S/C25H27ClF3N3O5/c1-13(2)19(21(33)25(27,28)29)31-24(36)20(15-8-10-18(37-4)11-9-15)32-22(34)14(3)30-23(35)16-6-5-7-17(26)12-16/h5-14,19-20H,1-4H3,(H,30,35)(H,31,36)(H,32,34)/t14-,19-,20-/m0/s1. The summed E-state index contributed by atoms with van der Waals surface area (Å²) in [6.07, 6.45) is -5.17. The molecule has 12 heteroatoms. The van der Waals surface area contributed by atoms with Crippen molar-refractivity contribution in [2.24, 2.45) is 5.92 Å². The van der Waals surface area contributed by atoms with Crippen LogP contribution in [0.5, 0.6) is 5.75 Å². The molecule has 0 aliphatic carbocycles. The van der Waals surface area contributed by atoms with Gasteiger partial charge in [0.1, 0.15) is 17.8 Å². The van der Waals surface area contributed by atoms with Crippen LogP contribution in [0.2, 0.25) is 5.02 Å². The number of nitrogens with one attached hydrogen (secondary N) is 3. The number of alkyl halides is 3. The van der Waals surface area contributed by atoms with E-state index in [0.717, 1.165) is 0 Å². The molecule has 37 heavy (non-hydrogen) atoms. The maximum absolute atomic E-state index is 13.1. The Morgan fingerprint density at radius 2 is 1.51 bits per heavy atom. The average Bonchev–Trinajstić information content (AvgIpc) is 2.84. The molecule has 0 radical (unpaired) electrons. The molecule has 3 N–H and O–H groups in total. The maximum Gasteiger partial charge on any atom is 0.452 e. The van der Waals surface area contributed by atoms with E-state index in [4.69, 9.17) is 16.3 Å². The van der Waals surface area contributed by atoms with E-state index >= 15 is 0 Å². The number of carbonyl (C=O) groups is 4. The number of hydrogen-bond acceptors (Lipinski definition) is 5. The van der Waals surface area contributed by atoms with Crippen molar-refractivity contribution in [2.45, 2.75) is 45.1 Å². The van der Waals surface area contributed by atoms with Crippen molar-refractivity contribution in [3.8, 4) is 5.75 Å². The molecule has 2 rings (SSSR count). The Morgan fingerprint density at radius 1 is 0.892 bits per heavy atom. The lowest BCUT2D eigenvalue weighted by molar-refractivity contribution is -0.175. The van der Waals surface area contributed by atoms with Gasteiger partial charge in [-0.15, -0.1) is 0 Å². The van der Waals surface area contributed by atoms with Crippen molar-refractivity contribution < 1.29 is 37.1 Å². The zero-order chi connectivity index (χ0) is 27.9. The van der Waals surface area contributed by atoms with Gasteiger partial charge in [0.05, 0.1) is 13.2 Å². The van der Waals surface area contributed by atoms with Crippen LogP contribution in [0.1, 0.15) is 42.7 Å². The molecule has 0 bridgehead atoms. The molecule has 0 heterocycles. The summed E-state index contributed by atoms with van der Waals surface area (Å²) < 4.78 is 44.3. The average molecular weight is 542 g/mol. The molecule has 0 spiro atoms. The minimum absolute atomic E-state index is 0.196. The number of Topliss-reactive ketones (excluding diaryl/α,β-unsaturated/α-hetero) is 1. The number of ether oxygens (including phenoxy) is 1. The van der Waals surface area contributed by atoms with Crippen molar-refractivity contribution in [1.82, 2.24) is 16.0 Å². The Balaban J connectivity index is 2.27. The summed E-state index contributed by atoms with van der Waals surface area (Å²) in [5.41, 5.74) is 0.406. The van der Waals surface area contributed by atoms with Crippen LogP contribution in [0, 0.1) is 5.92 Å². The Labute approximate surface area is 216 Å². The van der Waals surface area contributed by atoms with Gasteiger partial charge in [-0.25, -0.2) is 0 Å². The molecule has 0 aliphatic heterocycles. The van der Waals surface area contributed by atoms with Gasteiger partial charge in [0, 0.05) is 10.6 Å². The maximum atomic E-state index is 13.1. The number of hydrogen-bond donors (Lipinski definition) is 3. The lowest BCUT2D eigenvalue weighted by Gasteiger charge is -2.26. The number of carbonyl (C=O) groups excluding carboxylic acids is 4. The lowest BCUT2D eigenvalue weighted by atomic mass is 9.97. The monoisotopic (exact) mass is 541 g/mol. The molecule has 0 saturated carbocycles. The quantitative estimate of drug-likeness (QED) is 0.425. The van der Waals surface area contributed by atoms with Gasteiger partial charge < -0.3 is 20.7 Å². The highest BCUT2D eigenvalue weighted by Crippen LogP contribution is 2.23. The highest BCUT2D eigenvalue weighted by atomic mass is 35.5. The summed E-state index contributed by atoms with van der Waals surface area (Å²) in [5.74, 6) is -5.01. The number of amides is 3. The molecule has 0 fully saturated rings. The summed E-state index contributed by atoms with van der Waals surface area (Å²) in [6, 6.07) is 7.39. The first-order valence-electron chi connectivity index (χ1n) is 11.2. The van der Waals surface area contributed by atoms with Gasteiger partial charge in [0.2, 0.25) is 11.8 Å². The molecule has 8 nitrogen and oxygen atoms in total. The van der Waals surface area contributed by atoms with Crippen LogP contribution in [-0.4, -0.2) is 48.9 Å². The molecule has 0 unspecified atom stereocenters. The lowest BCUT2D eigenvalue weighted by Crippen LogP contribution is -2.54. The SMILES string of the molecule is COc1ccc([C@H](NC(=O)[C@H](C)NC(=O)c2cccc(Cl)c2)C(=O)N[C@H](C(=O)C(F)(F)F)C(C)C)cc1. The summed E-state index contributed by atoms with van der Waals surface area (Å²) in [4.78, 5) is 50.4. The predicted octanol–water partition coefficient (Wildman–Crippen LogP) is 3.60. The first-order chi connectivity index (χ1) is 17.2. The fourth-order valence-electron chi connectivity index (χ4n) is 3.29. The number of rotatable bonds is 10. The van der Waals surface area contributed by atoms with Crippen LogP contribution in [-0.2, 0) is 14.4 Å². The van der Waals surface area contributed by atoms with Gasteiger partial charge in [-0.05, 0) is 48.7 Å². The topological polar surface area (TPSA) is 114 Å². The van der Waals surface area contributed by atoms with E-state index in [9.17, 15) is 32.3 Å². The third-order valence-corrected chi connectivity index (χ3v) is 5.59. The van der Waals surface area contributed by atoms with Crippen LogP contribution >= 0.6 is 11.6 Å². The van der Waals surface area contributed by atoms with E-state index < -0.39 is 53.7 Å². The molecule has 0 saturated heterocycles. The second kappa shape index (κ2) is 12.6. The Morgan fingerprint density at radius 3 is 2.03 bits per heavy atom. The Kier molecular flexibility index (Phi) is 10.1. The Bertz CT molecular complexity index is 1140. The van der Waals surface area contributed by atoms with E-state index in [1.165, 1.54) is 64.3 Å². The third-order valence-electron chi connectivity index (χ3n) is 5.35. The minimum atomic E-state index is -5.17. The zero-order valence-electron chi connectivity index (χ0n) is 20.5. The molecule has 200 valence electrons. The van der Waals surface area contributed by atoms with Crippen molar-refractivity contribution in [3.63, 3.8) is 0 Å². The smallest absolute Gasteiger partial charge is 0.452 e. The molecule has 0 aliphatic rings. The minimum Gasteiger partial charge on any atom is -0.497 e. The summed E-state index contributed by atoms with van der Waals surface area (Å²) in [6.45, 7) is 4.07. The van der Waals surface area contributed by atoms with Gasteiger partial charge >= 0.3 is 6.18 Å². The molecule has 2 aromatic carbocycles. The molecule has 3 atom stereocenters. The second-order valence-electron chi connectivity index (χ2n) is 8.51. The first-order valence-corrected chi connectivity index (χ1v) is 11.5. The largest absolute Gasteiger partial charge is 0.497 e. The van der Waals surface area contributed by atoms with Crippen molar-refractivity contribution in [1.29, 1.82) is 0 Å². The molecule has 3 amide bonds. The third kappa shape index (κ3) is 8.21. The van der Waals surface area contributed by atoms with Crippen LogP contribution in [0.4, 0.5) is 13.2 Å². The molecular weight excluding hydrogens is 515 g/mol. The van der Waals surface area contributed by atoms with E-state index in [1.54, 1.807) is 12.1 Å². The van der Waals surface area contributed by atoms with Gasteiger partial charge in [-0.3, -0.25) is 19.2 Å². The van der Waals surface area contributed by atoms with Crippen molar-refractivity contribution in [2.75, 3.05) is 7.11 Å². The van der Waals surface area contributed by atoms with Gasteiger partial charge in [-0.1, -0.05) is 43.6 Å². The van der Waals surface area contributed by atoms with Crippen molar-refractivity contribution >= 4 is 35.1 Å². The second-order valence-corrected chi connectivity index (χ2v) is 8.95. The number of halogens is 4. The number of methoxy groups -OCH3 is 1. The van der Waals surface area contributed by atoms with Crippen LogP contribution in [0.15, 0.2) is 48.5 Å². The van der Waals surface area contributed by atoms with E-state index in [1.807, 2.05) is 0 Å². The van der Waals surface area contributed by atoms with Gasteiger partial charge in [-0.2, -0.15) is 13.2 Å². The normalized spacial score (nSPS) is 13.8. The summed E-state index contributed by atoms with van der Waals surface area (Å²) >= 11 is 5.89. The summed E-state index contributed by atoms with van der Waals surface area (Å²) in [7, 11) is 1.42. The van der Waals surface area contributed by atoms with E-state index in [-0.39, 0.29) is 11.1 Å². The van der Waals surface area contributed by atoms with Crippen LogP contribution in [0.3, 0.4) is 0 Å². The number of ketones is 1. The Hall–Kier alpha value is -3.60. The summed E-state index contributed by atoms with van der Waals surface area (Å²) in [5, 5.41) is 7.33. The fourth-order valence-corrected chi connectivity index (χ4v) is 3.48. The molecular formula is C25H27ClF3N3O5. The highest BCUT2D eigenvalue weighted by molar-refractivity contribution is 6.31. The van der Waals surface area contributed by atoms with Crippen molar-refractivity contribution in [3.05, 3.63) is 64.7 Å². The fraction of sp³-hybridized carbons (Fsp3) is 0.360. The molecule has 2 aromatic rings. The first kappa shape index (κ1) is 29.6. The number of benzene rings is 2. The predicted molar refractivity (Wildman–Crippen MR) is 130 cm³/mol. The van der Waals surface area contributed by atoms with E-state index in [2.05, 4.69) is 16.0 Å². The highest BCUT2D eigenvalue weighted by Gasteiger charge is 2.45. The van der Waals surface area contributed by atoms with Gasteiger partial charge in [0.25, 0.3) is 11.7 Å². The zero-order valence-corrected chi connectivity index (χ0v) is 21.2. The van der Waals surface area contributed by atoms with Gasteiger partial charge in [0.15, 0.2) is 0 Å². The van der Waals surface area contributed by atoms with Crippen LogP contribution in [0.25, 0.3) is 0 Å². The molecule has 0 aromatic heterocycles. The van der Waals surface area contributed by atoms with E-state index in [0.29, 0.717) is 10.8 Å².